The van der Waals surface area contributed by atoms with E-state index in [2.05, 4.69) is 276 Å². The van der Waals surface area contributed by atoms with E-state index in [1.54, 1.807) is 0 Å². The minimum Gasteiger partial charge on any atom is -0.311 e. The molecule has 0 saturated carbocycles. The molecule has 11 aromatic carbocycles. The third-order valence-electron chi connectivity index (χ3n) is 14.8. The van der Waals surface area contributed by atoms with Gasteiger partial charge < -0.3 is 9.47 Å². The summed E-state index contributed by atoms with van der Waals surface area (Å²) in [6.07, 6.45) is 0. The summed E-state index contributed by atoms with van der Waals surface area (Å²) < 4.78 is 2.49. The Morgan fingerprint density at radius 2 is 0.739 bits per heavy atom. The zero-order valence-electron chi connectivity index (χ0n) is 37.8. The molecular formula is C67H44N2. The fourth-order valence-electron chi connectivity index (χ4n) is 11.8. The molecule has 0 radical (unpaired) electrons. The Labute approximate surface area is 402 Å². The van der Waals surface area contributed by atoms with Gasteiger partial charge in [-0.2, -0.15) is 0 Å². The first kappa shape index (κ1) is 39.2. The van der Waals surface area contributed by atoms with Gasteiger partial charge in [0, 0.05) is 39.0 Å². The maximum atomic E-state index is 2.49. The average molecular weight is 877 g/mol. The highest BCUT2D eigenvalue weighted by molar-refractivity contribution is 6.16. The Balaban J connectivity index is 0.892. The zero-order chi connectivity index (χ0) is 45.5. The predicted octanol–water partition coefficient (Wildman–Crippen LogP) is 17.6. The van der Waals surface area contributed by atoms with E-state index >= 15 is 0 Å². The van der Waals surface area contributed by atoms with E-state index in [0.29, 0.717) is 0 Å². The third-order valence-corrected chi connectivity index (χ3v) is 14.8. The summed E-state index contributed by atoms with van der Waals surface area (Å²) in [4.78, 5) is 2.39. The van der Waals surface area contributed by atoms with Crippen LogP contribution < -0.4 is 4.90 Å². The second-order valence-electron chi connectivity index (χ2n) is 18.4. The van der Waals surface area contributed by atoms with Gasteiger partial charge in [-0.25, -0.2) is 0 Å². The van der Waals surface area contributed by atoms with Crippen molar-refractivity contribution in [3.05, 3.63) is 289 Å². The Hall–Kier alpha value is -8.98. The molecule has 2 heterocycles. The second kappa shape index (κ2) is 15.6. The summed E-state index contributed by atoms with van der Waals surface area (Å²) in [7, 11) is 0. The third kappa shape index (κ3) is 5.92. The number of rotatable bonds is 7. The van der Waals surface area contributed by atoms with E-state index in [0.717, 1.165) is 17.1 Å². The van der Waals surface area contributed by atoms with Crippen LogP contribution in [-0.2, 0) is 5.41 Å². The van der Waals surface area contributed by atoms with Gasteiger partial charge in [0.15, 0.2) is 0 Å². The van der Waals surface area contributed by atoms with E-state index < -0.39 is 5.41 Å². The van der Waals surface area contributed by atoms with Gasteiger partial charge in [-0.3, -0.25) is 0 Å². The molecule has 0 spiro atoms. The molecule has 2 heteroatoms. The first-order valence-corrected chi connectivity index (χ1v) is 23.9. The molecule has 1 aromatic heterocycles. The standard InChI is InChI=1S/C67H44N2/c1-3-16-45(17-4-1)46-30-37-51(38-31-46)68(53-41-35-50(36-42-53)67(49-18-5-2-6-19-49)62-27-12-9-22-56(62)57-23-10-13-28-63(57)67)52-39-32-47(33-40-52)48-34-43-65-61(44-48)55-21-8-7-20-54(55)59-25-15-26-60-58-24-11-14-29-64(58)69(65)66(59)60/h1-44H. The molecule has 0 saturated heterocycles. The lowest BCUT2D eigenvalue weighted by atomic mass is 9.68. The molecule has 2 aliphatic rings. The molecule has 0 bridgehead atoms. The van der Waals surface area contributed by atoms with Gasteiger partial charge in [-0.15, -0.1) is 0 Å². The van der Waals surface area contributed by atoms with Crippen molar-refractivity contribution in [2.75, 3.05) is 4.90 Å². The summed E-state index contributed by atoms with van der Waals surface area (Å²) in [6, 6.07) is 98.5. The molecule has 12 aromatic rings. The number of anilines is 3. The highest BCUT2D eigenvalue weighted by atomic mass is 15.1. The van der Waals surface area contributed by atoms with Gasteiger partial charge >= 0.3 is 0 Å². The van der Waals surface area contributed by atoms with Gasteiger partial charge in [0.05, 0.1) is 22.1 Å². The summed E-state index contributed by atoms with van der Waals surface area (Å²) >= 11 is 0. The zero-order valence-corrected chi connectivity index (χ0v) is 37.8. The normalized spacial score (nSPS) is 12.8. The first-order valence-electron chi connectivity index (χ1n) is 23.9. The van der Waals surface area contributed by atoms with Crippen LogP contribution in [0, 0.1) is 0 Å². The van der Waals surface area contributed by atoms with Crippen molar-refractivity contribution in [2.24, 2.45) is 0 Å². The molecule has 322 valence electrons. The summed E-state index contributed by atoms with van der Waals surface area (Å²) in [5, 5.41) is 2.56. The molecule has 1 aliphatic carbocycles. The fourth-order valence-corrected chi connectivity index (χ4v) is 11.8. The van der Waals surface area contributed by atoms with E-state index in [1.165, 1.54) is 105 Å². The van der Waals surface area contributed by atoms with Crippen LogP contribution in [0.3, 0.4) is 0 Å². The summed E-state index contributed by atoms with van der Waals surface area (Å²) in [5.41, 5.74) is 24.0. The number of para-hydroxylation sites is 2. The van der Waals surface area contributed by atoms with Gasteiger partial charge in [0.25, 0.3) is 0 Å². The van der Waals surface area contributed by atoms with Crippen LogP contribution in [0.4, 0.5) is 17.1 Å². The van der Waals surface area contributed by atoms with Crippen LogP contribution in [0.1, 0.15) is 22.3 Å². The molecule has 0 atom stereocenters. The van der Waals surface area contributed by atoms with Gasteiger partial charge in [0.1, 0.15) is 0 Å². The van der Waals surface area contributed by atoms with E-state index in [9.17, 15) is 0 Å². The van der Waals surface area contributed by atoms with Crippen molar-refractivity contribution in [3.8, 4) is 61.3 Å². The molecule has 1 aliphatic heterocycles. The molecule has 2 nitrogen and oxygen atoms in total. The second-order valence-corrected chi connectivity index (χ2v) is 18.4. The topological polar surface area (TPSA) is 8.17 Å². The molecule has 0 fully saturated rings. The Bertz CT molecular complexity index is 3870. The van der Waals surface area contributed by atoms with Gasteiger partial charge in [0.2, 0.25) is 0 Å². The van der Waals surface area contributed by atoms with Gasteiger partial charge in [-0.1, -0.05) is 212 Å². The number of aromatic nitrogens is 1. The van der Waals surface area contributed by atoms with Crippen LogP contribution in [0.15, 0.2) is 267 Å². The Kier molecular flexibility index (Phi) is 8.84. The van der Waals surface area contributed by atoms with Crippen molar-refractivity contribution >= 4 is 38.9 Å². The number of nitrogens with zero attached hydrogens (tertiary/aromatic N) is 2. The number of fused-ring (bicyclic) bond motifs is 11. The Morgan fingerprint density at radius 3 is 1.39 bits per heavy atom. The van der Waals surface area contributed by atoms with Crippen molar-refractivity contribution in [1.29, 1.82) is 0 Å². The first-order chi connectivity index (χ1) is 34.2. The number of hydrogen-bond donors (Lipinski definition) is 0. The fraction of sp³-hybridized carbons (Fsp3) is 0.0149. The van der Waals surface area contributed by atoms with Crippen LogP contribution in [-0.4, -0.2) is 4.57 Å². The van der Waals surface area contributed by atoms with Crippen molar-refractivity contribution < 1.29 is 0 Å². The van der Waals surface area contributed by atoms with Crippen molar-refractivity contribution in [1.82, 2.24) is 4.57 Å². The largest absolute Gasteiger partial charge is 0.311 e. The summed E-state index contributed by atoms with van der Waals surface area (Å²) in [5.74, 6) is 0. The van der Waals surface area contributed by atoms with Crippen LogP contribution in [0.5, 0.6) is 0 Å². The van der Waals surface area contributed by atoms with Crippen molar-refractivity contribution in [3.63, 3.8) is 0 Å². The number of hydrogen-bond acceptors (Lipinski definition) is 1. The van der Waals surface area contributed by atoms with E-state index in [1.807, 2.05) is 0 Å². The lowest BCUT2D eigenvalue weighted by molar-refractivity contribution is 0.768. The molecular weight excluding hydrogens is 833 g/mol. The monoisotopic (exact) mass is 876 g/mol. The van der Waals surface area contributed by atoms with E-state index in [-0.39, 0.29) is 0 Å². The minimum atomic E-state index is -0.464. The number of benzene rings is 11. The maximum Gasteiger partial charge on any atom is 0.0713 e. The lowest BCUT2D eigenvalue weighted by Gasteiger charge is -2.34. The van der Waals surface area contributed by atoms with Gasteiger partial charge in [-0.05, 0) is 121 Å². The molecule has 14 rings (SSSR count). The highest BCUT2D eigenvalue weighted by Crippen LogP contribution is 2.56. The maximum absolute atomic E-state index is 2.49. The highest BCUT2D eigenvalue weighted by Gasteiger charge is 2.45. The molecule has 69 heavy (non-hydrogen) atoms. The SMILES string of the molecule is c1ccc(-c2ccc(N(c3ccc(-c4ccc5c(c4)-c4ccccc4-c4cccc6c7ccccc7n-5c46)cc3)c3ccc(C4(c5ccccc5)c5ccccc5-c5ccccc54)cc3)cc2)cc1. The lowest BCUT2D eigenvalue weighted by Crippen LogP contribution is -2.28. The Morgan fingerprint density at radius 1 is 0.290 bits per heavy atom. The van der Waals surface area contributed by atoms with Crippen LogP contribution >= 0.6 is 0 Å². The van der Waals surface area contributed by atoms with Crippen LogP contribution in [0.2, 0.25) is 0 Å². The molecule has 0 amide bonds. The van der Waals surface area contributed by atoms with Crippen LogP contribution in [0.25, 0.3) is 83.1 Å². The van der Waals surface area contributed by atoms with E-state index in [4.69, 9.17) is 0 Å². The predicted molar refractivity (Wildman–Crippen MR) is 288 cm³/mol. The van der Waals surface area contributed by atoms with Crippen molar-refractivity contribution in [2.45, 2.75) is 5.41 Å². The quantitative estimate of drug-likeness (QED) is 0.155. The summed E-state index contributed by atoms with van der Waals surface area (Å²) in [6.45, 7) is 0. The smallest absolute Gasteiger partial charge is 0.0713 e. The average Bonchev–Trinajstić information content (AvgIpc) is 3.89. The molecule has 0 N–H and O–H groups in total. The molecule has 0 unspecified atom stereocenters. The minimum absolute atomic E-state index is 0.464.